The fourth-order valence-electron chi connectivity index (χ4n) is 2.73. The second-order valence-corrected chi connectivity index (χ2v) is 5.96. The highest BCUT2D eigenvalue weighted by Gasteiger charge is 2.38. The van der Waals surface area contributed by atoms with Gasteiger partial charge in [-0.25, -0.2) is 0 Å². The number of hydrogen-bond acceptors (Lipinski definition) is 2. The number of anilines is 1. The maximum atomic E-state index is 12.5. The Labute approximate surface area is 124 Å². The van der Waals surface area contributed by atoms with Gasteiger partial charge in [0.05, 0.1) is 6.07 Å². The van der Waals surface area contributed by atoms with E-state index in [-0.39, 0.29) is 5.91 Å². The second kappa shape index (κ2) is 6.28. The van der Waals surface area contributed by atoms with Crippen molar-refractivity contribution in [1.82, 2.24) is 0 Å². The lowest BCUT2D eigenvalue weighted by Gasteiger charge is -2.24. The first-order valence-electron chi connectivity index (χ1n) is 7.06. The Bertz CT molecular complexity index is 540. The number of amides is 1. The van der Waals surface area contributed by atoms with Gasteiger partial charge in [-0.15, -0.1) is 0 Å². The highest BCUT2D eigenvalue weighted by Crippen LogP contribution is 2.36. The summed E-state index contributed by atoms with van der Waals surface area (Å²) in [6.07, 6.45) is 5.42. The van der Waals surface area contributed by atoms with Crippen LogP contribution in [0, 0.1) is 23.7 Å². The van der Waals surface area contributed by atoms with Gasteiger partial charge in [-0.1, -0.05) is 37.3 Å². The molecule has 4 heteroatoms. The molecule has 1 aromatic carbocycles. The van der Waals surface area contributed by atoms with Gasteiger partial charge in [-0.2, -0.15) is 5.26 Å². The molecule has 106 valence electrons. The van der Waals surface area contributed by atoms with Gasteiger partial charge in [0.25, 0.3) is 0 Å². The average Bonchev–Trinajstić information content (AvgIpc) is 2.68. The zero-order valence-corrected chi connectivity index (χ0v) is 12.5. The van der Waals surface area contributed by atoms with E-state index in [9.17, 15) is 10.1 Å². The van der Waals surface area contributed by atoms with Crippen molar-refractivity contribution in [2.75, 3.05) is 5.32 Å². The zero-order chi connectivity index (χ0) is 14.6. The van der Waals surface area contributed by atoms with Crippen LogP contribution in [0.4, 0.5) is 5.69 Å². The molecular weight excluding hydrogens is 272 g/mol. The Balaban J connectivity index is 2.19. The van der Waals surface area contributed by atoms with Crippen molar-refractivity contribution in [3.8, 4) is 6.07 Å². The molecule has 0 spiro atoms. The number of halogens is 1. The number of carbonyl (C=O) groups excluding carboxylic acids is 1. The quantitative estimate of drug-likeness (QED) is 0.818. The van der Waals surface area contributed by atoms with Crippen LogP contribution in [0.25, 0.3) is 0 Å². The fourth-order valence-corrected chi connectivity index (χ4v) is 2.96. The summed E-state index contributed by atoms with van der Waals surface area (Å²) < 4.78 is 0. The highest BCUT2D eigenvalue weighted by molar-refractivity contribution is 6.30. The van der Waals surface area contributed by atoms with E-state index in [1.165, 1.54) is 0 Å². The number of nitrogens with one attached hydrogen (secondary N) is 1. The van der Waals surface area contributed by atoms with E-state index in [0.29, 0.717) is 17.9 Å². The fraction of sp³-hybridized carbons (Fsp3) is 0.500. The molecule has 0 aliphatic heterocycles. The number of carbonyl (C=O) groups is 1. The Morgan fingerprint density at radius 1 is 1.30 bits per heavy atom. The molecule has 0 heterocycles. The summed E-state index contributed by atoms with van der Waals surface area (Å²) in [6.45, 7) is 1.90. The van der Waals surface area contributed by atoms with Gasteiger partial charge < -0.3 is 5.32 Å². The Morgan fingerprint density at radius 2 is 1.95 bits per heavy atom. The average molecular weight is 291 g/mol. The van der Waals surface area contributed by atoms with Crippen LogP contribution in [-0.4, -0.2) is 5.91 Å². The highest BCUT2D eigenvalue weighted by atomic mass is 35.5. The minimum atomic E-state index is -0.872. The second-order valence-electron chi connectivity index (χ2n) is 5.52. The van der Waals surface area contributed by atoms with E-state index in [0.717, 1.165) is 36.9 Å². The van der Waals surface area contributed by atoms with Crippen LogP contribution in [0.2, 0.25) is 5.02 Å². The molecule has 20 heavy (non-hydrogen) atoms. The summed E-state index contributed by atoms with van der Waals surface area (Å²) in [5.74, 6) is -0.174. The monoisotopic (exact) mass is 290 g/mol. The zero-order valence-electron chi connectivity index (χ0n) is 11.7. The molecule has 0 radical (unpaired) electrons. The molecular formula is C16H19ClN2O. The van der Waals surface area contributed by atoms with Gasteiger partial charge >= 0.3 is 0 Å². The molecule has 1 saturated carbocycles. The van der Waals surface area contributed by atoms with Gasteiger partial charge in [-0.05, 0) is 43.5 Å². The Hall–Kier alpha value is -1.53. The lowest BCUT2D eigenvalue weighted by atomic mass is 9.81. The molecule has 2 rings (SSSR count). The summed E-state index contributed by atoms with van der Waals surface area (Å²) in [5.41, 5.74) is 0.772. The normalized spacial score (nSPS) is 17.9. The molecule has 0 saturated heterocycles. The maximum Gasteiger partial charge on any atom is 0.244 e. The van der Waals surface area contributed by atoms with Crippen molar-refractivity contribution < 1.29 is 4.79 Å². The van der Waals surface area contributed by atoms with Crippen molar-refractivity contribution in [3.05, 3.63) is 28.8 Å². The van der Waals surface area contributed by atoms with E-state index < -0.39 is 5.41 Å². The van der Waals surface area contributed by atoms with Gasteiger partial charge in [0.1, 0.15) is 5.41 Å². The van der Waals surface area contributed by atoms with E-state index in [2.05, 4.69) is 11.4 Å². The predicted molar refractivity (Wildman–Crippen MR) is 80.6 cm³/mol. The smallest absolute Gasteiger partial charge is 0.244 e. The van der Waals surface area contributed by atoms with Crippen molar-refractivity contribution in [3.63, 3.8) is 0 Å². The topological polar surface area (TPSA) is 52.9 Å². The van der Waals surface area contributed by atoms with Crippen LogP contribution in [0.1, 0.15) is 44.1 Å². The summed E-state index contributed by atoms with van der Waals surface area (Å²) in [5, 5.41) is 13.0. The van der Waals surface area contributed by atoms with Crippen LogP contribution in [-0.2, 0) is 4.79 Å². The predicted octanol–water partition coefficient (Wildman–Crippen LogP) is 4.45. The minimum Gasteiger partial charge on any atom is -0.324 e. The maximum absolute atomic E-state index is 12.5. The molecule has 0 bridgehead atoms. The third-order valence-corrected chi connectivity index (χ3v) is 4.28. The Kier molecular flexibility index (Phi) is 4.67. The first kappa shape index (κ1) is 14.9. The van der Waals surface area contributed by atoms with Crippen LogP contribution >= 0.6 is 11.6 Å². The molecule has 1 aliphatic rings. The molecule has 1 amide bonds. The van der Waals surface area contributed by atoms with Gasteiger partial charge in [-0.3, -0.25) is 4.79 Å². The van der Waals surface area contributed by atoms with Crippen molar-refractivity contribution in [2.24, 2.45) is 5.41 Å². The van der Waals surface area contributed by atoms with Gasteiger partial charge in [0, 0.05) is 10.7 Å². The molecule has 1 fully saturated rings. The third kappa shape index (κ3) is 3.13. The minimum absolute atomic E-state index is 0.174. The number of rotatable bonds is 2. The number of aryl methyl sites for hydroxylation is 1. The van der Waals surface area contributed by atoms with E-state index >= 15 is 0 Å². The molecule has 1 aliphatic carbocycles. The third-order valence-electron chi connectivity index (χ3n) is 4.04. The molecule has 1 N–H and O–H groups in total. The number of nitriles is 1. The van der Waals surface area contributed by atoms with E-state index in [1.807, 2.05) is 13.0 Å². The SMILES string of the molecule is Cc1cc(Cl)ccc1NC(=O)C1(C#N)CCCCCC1. The lowest BCUT2D eigenvalue weighted by Crippen LogP contribution is -2.34. The molecule has 0 aromatic heterocycles. The van der Waals surface area contributed by atoms with Crippen molar-refractivity contribution in [2.45, 2.75) is 45.4 Å². The first-order valence-corrected chi connectivity index (χ1v) is 7.44. The molecule has 3 nitrogen and oxygen atoms in total. The van der Waals surface area contributed by atoms with Crippen molar-refractivity contribution in [1.29, 1.82) is 5.26 Å². The van der Waals surface area contributed by atoms with Crippen molar-refractivity contribution >= 4 is 23.2 Å². The standard InChI is InChI=1S/C16H19ClN2O/c1-12-10-13(17)6-7-14(12)19-15(20)16(11-18)8-4-2-3-5-9-16/h6-7,10H,2-5,8-9H2,1H3,(H,19,20). The summed E-state index contributed by atoms with van der Waals surface area (Å²) >= 11 is 5.91. The van der Waals surface area contributed by atoms with Crippen LogP contribution in [0.5, 0.6) is 0 Å². The first-order chi connectivity index (χ1) is 9.57. The Morgan fingerprint density at radius 3 is 2.50 bits per heavy atom. The van der Waals surface area contributed by atoms with E-state index in [4.69, 9.17) is 11.6 Å². The van der Waals surface area contributed by atoms with Gasteiger partial charge in [0.2, 0.25) is 5.91 Å². The summed E-state index contributed by atoms with van der Waals surface area (Å²) in [4.78, 5) is 12.5. The summed E-state index contributed by atoms with van der Waals surface area (Å²) in [7, 11) is 0. The molecule has 1 aromatic rings. The number of benzene rings is 1. The number of nitrogens with zero attached hydrogens (tertiary/aromatic N) is 1. The van der Waals surface area contributed by atoms with Gasteiger partial charge in [0.15, 0.2) is 0 Å². The molecule has 0 atom stereocenters. The largest absolute Gasteiger partial charge is 0.324 e. The lowest BCUT2D eigenvalue weighted by molar-refractivity contribution is -0.123. The molecule has 0 unspecified atom stereocenters. The van der Waals surface area contributed by atoms with E-state index in [1.54, 1.807) is 12.1 Å². The summed E-state index contributed by atoms with van der Waals surface area (Å²) in [6, 6.07) is 7.61. The van der Waals surface area contributed by atoms with Crippen LogP contribution < -0.4 is 5.32 Å². The van der Waals surface area contributed by atoms with Crippen LogP contribution in [0.3, 0.4) is 0 Å². The number of hydrogen-bond donors (Lipinski definition) is 1. The van der Waals surface area contributed by atoms with Crippen LogP contribution in [0.15, 0.2) is 18.2 Å².